The highest BCUT2D eigenvalue weighted by Crippen LogP contribution is 2.21. The van der Waals surface area contributed by atoms with Crippen LogP contribution in [0.1, 0.15) is 25.8 Å². The number of halogens is 1. The van der Waals surface area contributed by atoms with Crippen molar-refractivity contribution >= 4 is 31.5 Å². The summed E-state index contributed by atoms with van der Waals surface area (Å²) in [6.45, 7) is 3.94. The zero-order valence-electron chi connectivity index (χ0n) is 10.1. The molecule has 3 nitrogen and oxygen atoms in total. The van der Waals surface area contributed by atoms with Crippen LogP contribution in [-0.2, 0) is 15.6 Å². The molecule has 5 heteroatoms. The second-order valence-electron chi connectivity index (χ2n) is 4.41. The van der Waals surface area contributed by atoms with Crippen LogP contribution in [0, 0.1) is 5.92 Å². The molecule has 1 aromatic carbocycles. The van der Waals surface area contributed by atoms with Gasteiger partial charge in [-0.1, -0.05) is 42.3 Å². The normalized spacial score (nSPS) is 13.6. The van der Waals surface area contributed by atoms with E-state index in [1.807, 2.05) is 19.9 Å². The molecule has 0 amide bonds. The summed E-state index contributed by atoms with van der Waals surface area (Å²) in [5.41, 5.74) is 7.00. The van der Waals surface area contributed by atoms with E-state index in [4.69, 9.17) is 5.73 Å². The first kappa shape index (κ1) is 14.5. The number of rotatable bonds is 5. The van der Waals surface area contributed by atoms with Crippen molar-refractivity contribution in [2.45, 2.75) is 26.0 Å². The smallest absolute Gasteiger partial charge is 0.154 e. The van der Waals surface area contributed by atoms with E-state index in [-0.39, 0.29) is 17.4 Å². The van der Waals surface area contributed by atoms with Gasteiger partial charge in [-0.3, -0.25) is 0 Å². The van der Waals surface area contributed by atoms with Crippen LogP contribution in [0.25, 0.3) is 0 Å². The molecule has 0 fully saturated rings. The highest BCUT2D eigenvalue weighted by Gasteiger charge is 2.17. The van der Waals surface area contributed by atoms with Gasteiger partial charge in [-0.05, 0) is 23.6 Å². The van der Waals surface area contributed by atoms with Crippen molar-refractivity contribution in [3.05, 3.63) is 28.2 Å². The van der Waals surface area contributed by atoms with Crippen molar-refractivity contribution in [2.24, 2.45) is 5.92 Å². The lowest BCUT2D eigenvalue weighted by atomic mass is 10.2. The monoisotopic (exact) mass is 319 g/mol. The molecule has 1 aromatic rings. The van der Waals surface area contributed by atoms with Crippen LogP contribution in [0.4, 0.5) is 5.69 Å². The number of anilines is 1. The van der Waals surface area contributed by atoms with E-state index in [9.17, 15) is 8.42 Å². The zero-order chi connectivity index (χ0) is 13.1. The van der Waals surface area contributed by atoms with Crippen LogP contribution in [0.3, 0.4) is 0 Å². The maximum absolute atomic E-state index is 11.9. The highest BCUT2D eigenvalue weighted by atomic mass is 79.9. The summed E-state index contributed by atoms with van der Waals surface area (Å²) in [7, 11) is -3.08. The van der Waals surface area contributed by atoms with E-state index in [0.29, 0.717) is 11.3 Å². The molecule has 0 aliphatic carbocycles. The van der Waals surface area contributed by atoms with E-state index in [1.165, 1.54) is 0 Å². The second kappa shape index (κ2) is 5.87. The van der Waals surface area contributed by atoms with E-state index >= 15 is 0 Å². The Morgan fingerprint density at radius 3 is 2.59 bits per heavy atom. The lowest BCUT2D eigenvalue weighted by molar-refractivity contribution is 0.563. The lowest BCUT2D eigenvalue weighted by Crippen LogP contribution is -2.16. The van der Waals surface area contributed by atoms with E-state index in [1.54, 1.807) is 12.1 Å². The molecule has 0 aromatic heterocycles. The van der Waals surface area contributed by atoms with Crippen molar-refractivity contribution in [1.29, 1.82) is 0 Å². The molecule has 0 spiro atoms. The van der Waals surface area contributed by atoms with Crippen molar-refractivity contribution in [2.75, 3.05) is 11.5 Å². The van der Waals surface area contributed by atoms with E-state index < -0.39 is 9.84 Å². The fourth-order valence-electron chi connectivity index (χ4n) is 1.54. The quantitative estimate of drug-likeness (QED) is 0.849. The molecule has 0 bridgehead atoms. The first-order chi connectivity index (χ1) is 7.84. The summed E-state index contributed by atoms with van der Waals surface area (Å²) in [5, 5.41) is 0. The largest absolute Gasteiger partial charge is 0.398 e. The van der Waals surface area contributed by atoms with Gasteiger partial charge in [0.1, 0.15) is 0 Å². The van der Waals surface area contributed by atoms with Crippen LogP contribution in [-0.4, -0.2) is 14.2 Å². The van der Waals surface area contributed by atoms with Crippen molar-refractivity contribution in [3.63, 3.8) is 0 Å². The Balaban J connectivity index is 2.83. The van der Waals surface area contributed by atoms with Crippen LogP contribution in [0.5, 0.6) is 0 Å². The maximum Gasteiger partial charge on any atom is 0.154 e. The van der Waals surface area contributed by atoms with Crippen molar-refractivity contribution < 1.29 is 8.42 Å². The van der Waals surface area contributed by atoms with Gasteiger partial charge in [-0.25, -0.2) is 8.42 Å². The van der Waals surface area contributed by atoms with E-state index in [2.05, 4.69) is 15.9 Å². The van der Waals surface area contributed by atoms with Crippen molar-refractivity contribution in [1.82, 2.24) is 0 Å². The van der Waals surface area contributed by atoms with Gasteiger partial charge in [0.25, 0.3) is 0 Å². The van der Waals surface area contributed by atoms with Gasteiger partial charge < -0.3 is 5.73 Å². The van der Waals surface area contributed by atoms with Crippen LogP contribution in [0.2, 0.25) is 0 Å². The van der Waals surface area contributed by atoms with E-state index in [0.717, 1.165) is 10.9 Å². The fraction of sp³-hybridized carbons (Fsp3) is 0.500. The minimum atomic E-state index is -3.08. The average molecular weight is 320 g/mol. The number of nitrogens with two attached hydrogens (primary N) is 1. The number of benzene rings is 1. The topological polar surface area (TPSA) is 60.2 Å². The SMILES string of the molecule is CCC(C)CS(=O)(=O)Cc1ccc(Br)cc1N. The van der Waals surface area contributed by atoms with Gasteiger partial charge in [0.05, 0.1) is 11.5 Å². The fourth-order valence-corrected chi connectivity index (χ4v) is 3.88. The van der Waals surface area contributed by atoms with Gasteiger partial charge >= 0.3 is 0 Å². The molecule has 0 saturated heterocycles. The molecule has 0 aliphatic heterocycles. The predicted molar refractivity (Wildman–Crippen MR) is 75.5 cm³/mol. The maximum atomic E-state index is 11.9. The van der Waals surface area contributed by atoms with Crippen molar-refractivity contribution in [3.8, 4) is 0 Å². The summed E-state index contributed by atoms with van der Waals surface area (Å²) in [4.78, 5) is 0. The molecule has 1 rings (SSSR count). The van der Waals surface area contributed by atoms with Crippen LogP contribution < -0.4 is 5.73 Å². The Morgan fingerprint density at radius 2 is 2.06 bits per heavy atom. The summed E-state index contributed by atoms with van der Waals surface area (Å²) >= 11 is 3.30. The summed E-state index contributed by atoms with van der Waals surface area (Å²) < 4.78 is 24.7. The number of hydrogen-bond acceptors (Lipinski definition) is 3. The van der Waals surface area contributed by atoms with Gasteiger partial charge in [-0.2, -0.15) is 0 Å². The molecule has 1 unspecified atom stereocenters. The van der Waals surface area contributed by atoms with Crippen LogP contribution in [0.15, 0.2) is 22.7 Å². The summed E-state index contributed by atoms with van der Waals surface area (Å²) in [5.74, 6) is 0.437. The lowest BCUT2D eigenvalue weighted by Gasteiger charge is -2.11. The first-order valence-corrected chi connectivity index (χ1v) is 8.20. The molecular formula is C12H18BrNO2S. The Hall–Kier alpha value is -0.550. The highest BCUT2D eigenvalue weighted by molar-refractivity contribution is 9.10. The number of hydrogen-bond donors (Lipinski definition) is 1. The van der Waals surface area contributed by atoms with Gasteiger partial charge in [0.15, 0.2) is 9.84 Å². The molecule has 17 heavy (non-hydrogen) atoms. The van der Waals surface area contributed by atoms with Gasteiger partial charge in [0.2, 0.25) is 0 Å². The molecule has 0 radical (unpaired) electrons. The second-order valence-corrected chi connectivity index (χ2v) is 7.44. The Bertz CT molecular complexity index is 485. The van der Waals surface area contributed by atoms with Crippen LogP contribution >= 0.6 is 15.9 Å². The number of sulfone groups is 1. The zero-order valence-corrected chi connectivity index (χ0v) is 12.5. The third-order valence-corrected chi connectivity index (χ3v) is 5.04. The minimum Gasteiger partial charge on any atom is -0.398 e. The number of nitrogen functional groups attached to an aromatic ring is 1. The molecular weight excluding hydrogens is 302 g/mol. The first-order valence-electron chi connectivity index (χ1n) is 5.58. The van der Waals surface area contributed by atoms with Gasteiger partial charge in [-0.15, -0.1) is 0 Å². The minimum absolute atomic E-state index is 0.0243. The third-order valence-electron chi connectivity index (χ3n) is 2.72. The Kier molecular flexibility index (Phi) is 5.01. The molecule has 0 saturated carbocycles. The molecule has 1 atom stereocenters. The summed E-state index contributed by atoms with van der Waals surface area (Å²) in [6, 6.07) is 5.30. The molecule has 2 N–H and O–H groups in total. The molecule has 96 valence electrons. The Morgan fingerprint density at radius 1 is 1.41 bits per heavy atom. The molecule has 0 heterocycles. The Labute approximate surface area is 111 Å². The average Bonchev–Trinajstić information content (AvgIpc) is 2.21. The standard InChI is InChI=1S/C12H18BrNO2S/c1-3-9(2)7-17(15,16)8-10-4-5-11(13)6-12(10)14/h4-6,9H,3,7-8,14H2,1-2H3. The predicted octanol–water partition coefficient (Wildman–Crippen LogP) is 2.99. The summed E-state index contributed by atoms with van der Waals surface area (Å²) in [6.07, 6.45) is 0.870. The molecule has 0 aliphatic rings. The van der Waals surface area contributed by atoms with Gasteiger partial charge in [0, 0.05) is 10.2 Å². The third kappa shape index (κ3) is 4.68.